The Hall–Kier alpha value is -1.07. The van der Waals surface area contributed by atoms with Gasteiger partial charge in [0.1, 0.15) is 0 Å². The molecular weight excluding hydrogens is 479 g/mol. The van der Waals surface area contributed by atoms with E-state index in [1.54, 1.807) is 14.2 Å². The third kappa shape index (κ3) is 5.26. The van der Waals surface area contributed by atoms with Crippen molar-refractivity contribution < 1.29 is 13.2 Å². The van der Waals surface area contributed by atoms with E-state index in [0.717, 1.165) is 49.7 Å². The highest BCUT2D eigenvalue weighted by Crippen LogP contribution is 2.29. The van der Waals surface area contributed by atoms with Gasteiger partial charge in [-0.25, -0.2) is 8.42 Å². The molecule has 0 amide bonds. The number of hydrogen-bond donors (Lipinski definition) is 1. The third-order valence-corrected chi connectivity index (χ3v) is 6.79. The van der Waals surface area contributed by atoms with Crippen molar-refractivity contribution in [2.45, 2.75) is 12.8 Å². The maximum absolute atomic E-state index is 12.7. The molecule has 0 spiro atoms. The van der Waals surface area contributed by atoms with Gasteiger partial charge >= 0.3 is 0 Å². The van der Waals surface area contributed by atoms with Crippen molar-refractivity contribution in [1.82, 2.24) is 10.2 Å². The van der Waals surface area contributed by atoms with Crippen LogP contribution in [-0.2, 0) is 21.2 Å². The number of benzene rings is 1. The van der Waals surface area contributed by atoms with Gasteiger partial charge in [0.2, 0.25) is 10.0 Å². The van der Waals surface area contributed by atoms with E-state index in [-0.39, 0.29) is 29.7 Å². The van der Waals surface area contributed by atoms with Crippen LogP contribution in [0.25, 0.3) is 0 Å². The molecule has 1 fully saturated rings. The summed E-state index contributed by atoms with van der Waals surface area (Å²) < 4.78 is 32.2. The summed E-state index contributed by atoms with van der Waals surface area (Å²) in [6.45, 7) is 3.43. The first-order valence-electron chi connectivity index (χ1n) is 9.08. The van der Waals surface area contributed by atoms with Crippen LogP contribution in [-0.4, -0.2) is 72.0 Å². The number of guanidine groups is 1. The van der Waals surface area contributed by atoms with Crippen LogP contribution >= 0.6 is 24.0 Å². The number of nitrogens with one attached hydrogen (secondary N) is 1. The van der Waals surface area contributed by atoms with Crippen molar-refractivity contribution in [3.63, 3.8) is 0 Å². The number of fused-ring (bicyclic) bond motifs is 1. The van der Waals surface area contributed by atoms with E-state index in [9.17, 15) is 8.42 Å². The summed E-state index contributed by atoms with van der Waals surface area (Å²) in [6.07, 6.45) is 1.84. The summed E-state index contributed by atoms with van der Waals surface area (Å²) in [5.41, 5.74) is 1.92. The zero-order valence-corrected chi connectivity index (χ0v) is 19.1. The lowest BCUT2D eigenvalue weighted by Gasteiger charge is -2.23. The number of anilines is 1. The van der Waals surface area contributed by atoms with E-state index in [4.69, 9.17) is 4.74 Å². The second kappa shape index (κ2) is 9.92. The summed E-state index contributed by atoms with van der Waals surface area (Å²) in [5.74, 6) is 1.32. The van der Waals surface area contributed by atoms with Gasteiger partial charge in [0.25, 0.3) is 0 Å². The predicted octanol–water partition coefficient (Wildman–Crippen LogP) is 1.54. The first-order valence-corrected chi connectivity index (χ1v) is 10.7. The van der Waals surface area contributed by atoms with Crippen molar-refractivity contribution in [2.24, 2.45) is 10.9 Å². The zero-order valence-electron chi connectivity index (χ0n) is 15.9. The van der Waals surface area contributed by atoms with Gasteiger partial charge in [0, 0.05) is 46.3 Å². The average molecular weight is 508 g/mol. The molecule has 0 radical (unpaired) electrons. The topological polar surface area (TPSA) is 74.2 Å². The molecule has 0 aromatic heterocycles. The highest BCUT2D eigenvalue weighted by molar-refractivity contribution is 14.0. The number of para-hydroxylation sites is 1. The maximum atomic E-state index is 12.7. The second-order valence-electron chi connectivity index (χ2n) is 6.80. The van der Waals surface area contributed by atoms with Crippen LogP contribution in [0.15, 0.2) is 29.3 Å². The first kappa shape index (κ1) is 22.2. The summed E-state index contributed by atoms with van der Waals surface area (Å²) in [4.78, 5) is 6.47. The number of aliphatic imine (C=N–C) groups is 1. The van der Waals surface area contributed by atoms with E-state index >= 15 is 0 Å². The van der Waals surface area contributed by atoms with Gasteiger partial charge in [0.05, 0.1) is 18.0 Å². The van der Waals surface area contributed by atoms with Gasteiger partial charge < -0.3 is 15.0 Å². The lowest BCUT2D eigenvalue weighted by atomic mass is 10.1. The molecule has 1 unspecified atom stereocenters. The van der Waals surface area contributed by atoms with Gasteiger partial charge in [-0.1, -0.05) is 18.2 Å². The Labute approximate surface area is 179 Å². The molecule has 152 valence electrons. The fourth-order valence-electron chi connectivity index (χ4n) is 3.73. The van der Waals surface area contributed by atoms with Crippen LogP contribution in [0.1, 0.15) is 12.0 Å². The largest absolute Gasteiger partial charge is 0.384 e. The number of halogens is 1. The van der Waals surface area contributed by atoms with Crippen LogP contribution < -0.4 is 9.62 Å². The van der Waals surface area contributed by atoms with Gasteiger partial charge in [0.15, 0.2) is 5.96 Å². The minimum atomic E-state index is -3.34. The third-order valence-electron chi connectivity index (χ3n) is 5.02. The molecule has 27 heavy (non-hydrogen) atoms. The molecule has 0 aliphatic carbocycles. The standard InChI is InChI=1S/C18H28N4O3S.HI/c1-19-18(21-10-7-15(13-21)14-25-2)20-9-12-26(23,24)22-11-8-16-5-3-4-6-17(16)22;/h3-6,15H,7-14H2,1-2H3,(H,19,20);1H. The molecular formula is C18H29IN4O3S. The van der Waals surface area contributed by atoms with Crippen LogP contribution in [0.3, 0.4) is 0 Å². The van der Waals surface area contributed by atoms with Crippen LogP contribution in [0.5, 0.6) is 0 Å². The van der Waals surface area contributed by atoms with Gasteiger partial charge in [-0.2, -0.15) is 0 Å². The number of sulfonamides is 1. The Morgan fingerprint density at radius 1 is 1.33 bits per heavy atom. The SMILES string of the molecule is CN=C(NCCS(=O)(=O)N1CCc2ccccc21)N1CCC(COC)C1.I. The molecule has 7 nitrogen and oxygen atoms in total. The van der Waals surface area contributed by atoms with Crippen molar-refractivity contribution in [3.8, 4) is 0 Å². The first-order chi connectivity index (χ1) is 12.5. The molecule has 1 atom stereocenters. The number of ether oxygens (including phenoxy) is 1. The summed E-state index contributed by atoms with van der Waals surface area (Å²) in [7, 11) is 0.110. The Bertz CT molecular complexity index is 757. The minimum Gasteiger partial charge on any atom is -0.384 e. The normalized spacial score (nSPS) is 19.8. The second-order valence-corrected chi connectivity index (χ2v) is 8.81. The lowest BCUT2D eigenvalue weighted by molar-refractivity contribution is 0.157. The number of rotatable bonds is 6. The maximum Gasteiger partial charge on any atom is 0.236 e. The average Bonchev–Trinajstić information content (AvgIpc) is 3.26. The Kier molecular flexibility index (Phi) is 8.17. The van der Waals surface area contributed by atoms with Gasteiger partial charge in [-0.15, -0.1) is 24.0 Å². The quantitative estimate of drug-likeness (QED) is 0.359. The predicted molar refractivity (Wildman–Crippen MR) is 120 cm³/mol. The van der Waals surface area contributed by atoms with Crippen LogP contribution in [0, 0.1) is 5.92 Å². The molecule has 0 bridgehead atoms. The van der Waals surface area contributed by atoms with E-state index in [1.807, 2.05) is 24.3 Å². The summed E-state index contributed by atoms with van der Waals surface area (Å²) in [6, 6.07) is 7.71. The fraction of sp³-hybridized carbons (Fsp3) is 0.611. The highest BCUT2D eigenvalue weighted by atomic mass is 127. The van der Waals surface area contributed by atoms with Crippen LogP contribution in [0.2, 0.25) is 0 Å². The number of methoxy groups -OCH3 is 1. The van der Waals surface area contributed by atoms with E-state index in [1.165, 1.54) is 4.31 Å². The zero-order chi connectivity index (χ0) is 18.6. The van der Waals surface area contributed by atoms with Crippen molar-refractivity contribution in [3.05, 3.63) is 29.8 Å². The lowest BCUT2D eigenvalue weighted by Crippen LogP contribution is -2.43. The molecule has 2 aliphatic heterocycles. The van der Waals surface area contributed by atoms with E-state index in [2.05, 4.69) is 15.2 Å². The van der Waals surface area contributed by atoms with E-state index in [0.29, 0.717) is 19.0 Å². The summed E-state index contributed by atoms with van der Waals surface area (Å²) >= 11 is 0. The van der Waals surface area contributed by atoms with Crippen LogP contribution in [0.4, 0.5) is 5.69 Å². The smallest absolute Gasteiger partial charge is 0.236 e. The monoisotopic (exact) mass is 508 g/mol. The molecule has 9 heteroatoms. The Morgan fingerprint density at radius 3 is 2.85 bits per heavy atom. The Balaban J connectivity index is 0.00000261. The van der Waals surface area contributed by atoms with Gasteiger partial charge in [-0.3, -0.25) is 9.30 Å². The highest BCUT2D eigenvalue weighted by Gasteiger charge is 2.29. The van der Waals surface area contributed by atoms with Crippen molar-refractivity contribution >= 4 is 45.6 Å². The Morgan fingerprint density at radius 2 is 2.11 bits per heavy atom. The molecule has 2 aliphatic rings. The number of nitrogens with zero attached hydrogens (tertiary/aromatic N) is 3. The molecule has 0 saturated carbocycles. The molecule has 3 rings (SSSR count). The molecule has 1 aromatic rings. The summed E-state index contributed by atoms with van der Waals surface area (Å²) in [5, 5.41) is 3.21. The number of hydrogen-bond acceptors (Lipinski definition) is 4. The fourth-order valence-corrected chi connectivity index (χ4v) is 5.16. The molecule has 1 N–H and O–H groups in total. The number of likely N-dealkylation sites (tertiary alicyclic amines) is 1. The van der Waals surface area contributed by atoms with E-state index < -0.39 is 10.0 Å². The minimum absolute atomic E-state index is 0. The molecule has 2 heterocycles. The van der Waals surface area contributed by atoms with Gasteiger partial charge in [-0.05, 0) is 24.5 Å². The van der Waals surface area contributed by atoms with Crippen molar-refractivity contribution in [1.29, 1.82) is 0 Å². The molecule has 1 saturated heterocycles. The van der Waals surface area contributed by atoms with Crippen molar-refractivity contribution in [2.75, 3.05) is 57.0 Å². The molecule has 1 aromatic carbocycles.